The van der Waals surface area contributed by atoms with Crippen molar-refractivity contribution in [3.05, 3.63) is 77.4 Å². The van der Waals surface area contributed by atoms with Crippen LogP contribution >= 0.6 is 0 Å². The van der Waals surface area contributed by atoms with Crippen LogP contribution in [0, 0.1) is 5.82 Å². The zero-order valence-electron chi connectivity index (χ0n) is 16.3. The van der Waals surface area contributed by atoms with Crippen LogP contribution in [-0.2, 0) is 6.42 Å². The van der Waals surface area contributed by atoms with Crippen molar-refractivity contribution in [1.82, 2.24) is 15.0 Å². The van der Waals surface area contributed by atoms with Crippen LogP contribution in [0.4, 0.5) is 16.2 Å². The molecule has 0 aliphatic heterocycles. The van der Waals surface area contributed by atoms with E-state index in [1.54, 1.807) is 0 Å². The number of fused-ring (bicyclic) bond motifs is 1. The molecule has 0 unspecified atom stereocenters. The lowest BCUT2D eigenvalue weighted by Gasteiger charge is -2.10. The summed E-state index contributed by atoms with van der Waals surface area (Å²) in [5, 5.41) is 4.28. The van der Waals surface area contributed by atoms with Gasteiger partial charge in [-0.1, -0.05) is 18.2 Å². The number of nitrogen functional groups attached to an aromatic ring is 1. The summed E-state index contributed by atoms with van der Waals surface area (Å²) in [6.45, 7) is 0.590. The third-order valence-electron chi connectivity index (χ3n) is 4.82. The van der Waals surface area contributed by atoms with Crippen molar-refractivity contribution in [3.8, 4) is 5.75 Å². The molecule has 0 spiro atoms. The molecule has 2 heterocycles. The lowest BCUT2D eigenvalue weighted by atomic mass is 10.0. The van der Waals surface area contributed by atoms with Gasteiger partial charge in [0.15, 0.2) is 0 Å². The quantitative estimate of drug-likeness (QED) is 0.406. The second-order valence-corrected chi connectivity index (χ2v) is 6.70. The number of H-pyrrole nitrogens is 1. The number of aromatic amines is 1. The molecule has 4 aromatic rings. The molecule has 7 nitrogen and oxygen atoms in total. The number of carbonyl (C=O) groups is 1. The summed E-state index contributed by atoms with van der Waals surface area (Å²) in [5.41, 5.74) is 8.39. The molecule has 0 bridgehead atoms. The zero-order chi connectivity index (χ0) is 21.1. The molecular formula is C22H20FN5O2. The highest BCUT2D eigenvalue weighted by Crippen LogP contribution is 2.24. The maximum absolute atomic E-state index is 13.6. The van der Waals surface area contributed by atoms with Gasteiger partial charge >= 0.3 is 0 Å². The maximum atomic E-state index is 13.6. The predicted molar refractivity (Wildman–Crippen MR) is 113 cm³/mol. The Bertz CT molecular complexity index is 1220. The van der Waals surface area contributed by atoms with E-state index in [-0.39, 0.29) is 22.7 Å². The van der Waals surface area contributed by atoms with E-state index >= 15 is 0 Å². The number of rotatable bonds is 7. The number of hydrogen-bond donors (Lipinski definition) is 3. The fourth-order valence-corrected chi connectivity index (χ4v) is 3.31. The summed E-state index contributed by atoms with van der Waals surface area (Å²) in [6, 6.07) is 11.8. The van der Waals surface area contributed by atoms with Gasteiger partial charge in [-0.05, 0) is 36.2 Å². The number of para-hydroxylation sites is 1. The number of ketones is 1. The van der Waals surface area contributed by atoms with Crippen molar-refractivity contribution in [3.63, 3.8) is 0 Å². The molecule has 4 N–H and O–H groups in total. The van der Waals surface area contributed by atoms with Crippen molar-refractivity contribution in [2.75, 3.05) is 24.7 Å². The lowest BCUT2D eigenvalue weighted by molar-refractivity contribution is 0.103. The van der Waals surface area contributed by atoms with Crippen LogP contribution in [-0.4, -0.2) is 34.4 Å². The molecule has 0 fully saturated rings. The van der Waals surface area contributed by atoms with Gasteiger partial charge in [0.2, 0.25) is 11.7 Å². The monoisotopic (exact) mass is 405 g/mol. The number of nitrogens with two attached hydrogens (primary N) is 1. The Labute approximate surface area is 172 Å². The largest absolute Gasteiger partial charge is 0.496 e. The van der Waals surface area contributed by atoms with E-state index in [0.29, 0.717) is 12.5 Å². The van der Waals surface area contributed by atoms with Crippen molar-refractivity contribution in [2.24, 2.45) is 0 Å². The number of carbonyl (C=O) groups excluding carboxylic acids is 1. The third kappa shape index (κ3) is 3.80. The van der Waals surface area contributed by atoms with Crippen molar-refractivity contribution < 1.29 is 13.9 Å². The lowest BCUT2D eigenvalue weighted by Crippen LogP contribution is -2.13. The predicted octanol–water partition coefficient (Wildman–Crippen LogP) is 3.57. The minimum atomic E-state index is -0.547. The highest BCUT2D eigenvalue weighted by molar-refractivity contribution is 6.13. The molecule has 0 aliphatic carbocycles. The van der Waals surface area contributed by atoms with Gasteiger partial charge in [0.1, 0.15) is 17.4 Å². The number of nitrogens with zero attached hydrogens (tertiary/aromatic N) is 2. The average Bonchev–Trinajstić information content (AvgIpc) is 3.16. The van der Waals surface area contributed by atoms with E-state index in [0.717, 1.165) is 18.0 Å². The fourth-order valence-electron chi connectivity index (χ4n) is 3.31. The summed E-state index contributed by atoms with van der Waals surface area (Å²) in [7, 11) is 1.41. The number of anilines is 2. The molecule has 8 heteroatoms. The number of ether oxygens (including phenoxy) is 1. The standard InChI is InChI=1S/C22H20FN5O2/c1-30-19-7-6-14(23)10-16(19)20(29)17-12-27-22(28-21(17)24)25-9-8-13-11-26-18-5-3-2-4-15(13)18/h2-7,10-12,26H,8-9H2,1H3,(H3,24,25,27,28). The van der Waals surface area contributed by atoms with Crippen LogP contribution in [0.15, 0.2) is 54.9 Å². The molecule has 152 valence electrons. The molecular weight excluding hydrogens is 385 g/mol. The third-order valence-corrected chi connectivity index (χ3v) is 4.82. The van der Waals surface area contributed by atoms with E-state index < -0.39 is 11.6 Å². The molecule has 30 heavy (non-hydrogen) atoms. The van der Waals surface area contributed by atoms with Gasteiger partial charge in [-0.2, -0.15) is 4.98 Å². The van der Waals surface area contributed by atoms with Gasteiger partial charge in [0, 0.05) is 29.8 Å². The Balaban J connectivity index is 1.47. The Kier molecular flexibility index (Phi) is 5.30. The first-order chi connectivity index (χ1) is 14.6. The van der Waals surface area contributed by atoms with Gasteiger partial charge in [-0.3, -0.25) is 4.79 Å². The summed E-state index contributed by atoms with van der Waals surface area (Å²) in [6.07, 6.45) is 4.08. The molecule has 0 radical (unpaired) electrons. The molecule has 2 aromatic carbocycles. The van der Waals surface area contributed by atoms with E-state index in [4.69, 9.17) is 10.5 Å². The molecule has 2 aromatic heterocycles. The molecule has 0 saturated heterocycles. The van der Waals surface area contributed by atoms with E-state index in [2.05, 4.69) is 26.3 Å². The van der Waals surface area contributed by atoms with Crippen LogP contribution in [0.1, 0.15) is 21.5 Å². The minimum absolute atomic E-state index is 0.0101. The van der Waals surface area contributed by atoms with Gasteiger partial charge in [-0.25, -0.2) is 9.37 Å². The van der Waals surface area contributed by atoms with Crippen LogP contribution in [0.25, 0.3) is 10.9 Å². The maximum Gasteiger partial charge on any atom is 0.224 e. The number of methoxy groups -OCH3 is 1. The molecule has 0 atom stereocenters. The molecule has 0 amide bonds. The first-order valence-electron chi connectivity index (χ1n) is 9.36. The smallest absolute Gasteiger partial charge is 0.224 e. The summed E-state index contributed by atoms with van der Waals surface area (Å²) < 4.78 is 18.7. The fraction of sp³-hybridized carbons (Fsp3) is 0.136. The normalized spacial score (nSPS) is 10.9. The Morgan fingerprint density at radius 2 is 2.07 bits per heavy atom. The SMILES string of the molecule is COc1ccc(F)cc1C(=O)c1cnc(NCCc2c[nH]c3ccccc23)nc1N. The van der Waals surface area contributed by atoms with E-state index in [1.165, 1.54) is 36.4 Å². The molecule has 0 aliphatic rings. The van der Waals surface area contributed by atoms with Crippen molar-refractivity contribution >= 4 is 28.5 Å². The van der Waals surface area contributed by atoms with Gasteiger partial charge < -0.3 is 20.8 Å². The van der Waals surface area contributed by atoms with E-state index in [9.17, 15) is 9.18 Å². The van der Waals surface area contributed by atoms with Gasteiger partial charge in [0.05, 0.1) is 18.2 Å². The van der Waals surface area contributed by atoms with Crippen molar-refractivity contribution in [2.45, 2.75) is 6.42 Å². The number of benzene rings is 2. The Hall–Kier alpha value is -3.94. The Morgan fingerprint density at radius 3 is 2.87 bits per heavy atom. The first kappa shape index (κ1) is 19.4. The summed E-state index contributed by atoms with van der Waals surface area (Å²) in [5.74, 6) is -0.476. The topological polar surface area (TPSA) is 106 Å². The van der Waals surface area contributed by atoms with Crippen LogP contribution in [0.2, 0.25) is 0 Å². The number of nitrogens with one attached hydrogen (secondary N) is 2. The second-order valence-electron chi connectivity index (χ2n) is 6.70. The highest BCUT2D eigenvalue weighted by atomic mass is 19.1. The zero-order valence-corrected chi connectivity index (χ0v) is 16.3. The number of halogens is 1. The van der Waals surface area contributed by atoms with E-state index in [1.807, 2.05) is 24.4 Å². The van der Waals surface area contributed by atoms with Gasteiger partial charge in [0.25, 0.3) is 0 Å². The van der Waals surface area contributed by atoms with Gasteiger partial charge in [-0.15, -0.1) is 0 Å². The van der Waals surface area contributed by atoms with Crippen LogP contribution in [0.3, 0.4) is 0 Å². The number of aromatic nitrogens is 3. The highest BCUT2D eigenvalue weighted by Gasteiger charge is 2.19. The molecule has 4 rings (SSSR count). The first-order valence-corrected chi connectivity index (χ1v) is 9.36. The minimum Gasteiger partial charge on any atom is -0.496 e. The average molecular weight is 405 g/mol. The van der Waals surface area contributed by atoms with Crippen molar-refractivity contribution in [1.29, 1.82) is 0 Å². The summed E-state index contributed by atoms with van der Waals surface area (Å²) in [4.78, 5) is 24.4. The van der Waals surface area contributed by atoms with Crippen LogP contribution < -0.4 is 15.8 Å². The second kappa shape index (κ2) is 8.20. The number of hydrogen-bond acceptors (Lipinski definition) is 6. The summed E-state index contributed by atoms with van der Waals surface area (Å²) >= 11 is 0. The molecule has 0 saturated carbocycles. The Morgan fingerprint density at radius 1 is 1.23 bits per heavy atom. The van der Waals surface area contributed by atoms with Crippen LogP contribution in [0.5, 0.6) is 5.75 Å².